The van der Waals surface area contributed by atoms with Crippen molar-refractivity contribution in [3.8, 4) is 11.5 Å². The summed E-state index contributed by atoms with van der Waals surface area (Å²) in [6, 6.07) is 5.58. The van der Waals surface area contributed by atoms with E-state index in [4.69, 9.17) is 9.47 Å². The highest BCUT2D eigenvalue weighted by Crippen LogP contribution is 2.36. The monoisotopic (exact) mass is 376 g/mol. The summed E-state index contributed by atoms with van der Waals surface area (Å²) in [6.45, 7) is 2.25. The number of benzene rings is 1. The molecule has 1 aliphatic carbocycles. The summed E-state index contributed by atoms with van der Waals surface area (Å²) in [4.78, 5) is 17.0. The van der Waals surface area contributed by atoms with Crippen LogP contribution in [0.1, 0.15) is 41.7 Å². The first-order valence-corrected chi connectivity index (χ1v) is 10.2. The Bertz CT molecular complexity index is 769. The molecule has 1 N–H and O–H groups in total. The lowest BCUT2D eigenvalue weighted by Gasteiger charge is -2.28. The fourth-order valence-electron chi connectivity index (χ4n) is 3.16. The van der Waals surface area contributed by atoms with Gasteiger partial charge in [0.15, 0.2) is 11.5 Å². The van der Waals surface area contributed by atoms with E-state index in [9.17, 15) is 4.79 Å². The van der Waals surface area contributed by atoms with Crippen molar-refractivity contribution in [2.45, 2.75) is 48.2 Å². The van der Waals surface area contributed by atoms with E-state index in [-0.39, 0.29) is 18.7 Å². The predicted molar refractivity (Wildman–Crippen MR) is 98.8 cm³/mol. The summed E-state index contributed by atoms with van der Waals surface area (Å²) < 4.78 is 11.8. The van der Waals surface area contributed by atoms with Crippen LogP contribution in [-0.4, -0.2) is 29.0 Å². The van der Waals surface area contributed by atoms with Gasteiger partial charge < -0.3 is 14.8 Å². The average molecular weight is 377 g/mol. The van der Waals surface area contributed by atoms with E-state index >= 15 is 0 Å². The molecule has 2 aromatic rings. The summed E-state index contributed by atoms with van der Waals surface area (Å²) in [7, 11) is 0. The molecular weight excluding hydrogens is 356 g/mol. The maximum atomic E-state index is 12.5. The quantitative estimate of drug-likeness (QED) is 0.873. The number of thiazole rings is 1. The fourth-order valence-corrected chi connectivity index (χ4v) is 5.45. The minimum Gasteiger partial charge on any atom is -0.454 e. The molecule has 0 bridgehead atoms. The Hall–Kier alpha value is -1.73. The smallest absolute Gasteiger partial charge is 0.251 e. The normalized spacial score (nSPS) is 22.0. The minimum absolute atomic E-state index is 0.0371. The molecule has 2 heterocycles. The van der Waals surface area contributed by atoms with Gasteiger partial charge in [-0.05, 0) is 50.8 Å². The van der Waals surface area contributed by atoms with Crippen LogP contribution in [0.25, 0.3) is 0 Å². The molecule has 1 fully saturated rings. The van der Waals surface area contributed by atoms with Gasteiger partial charge in [0.1, 0.15) is 4.34 Å². The molecule has 5 nitrogen and oxygen atoms in total. The summed E-state index contributed by atoms with van der Waals surface area (Å²) in [6.07, 6.45) is 4.24. The zero-order valence-corrected chi connectivity index (χ0v) is 15.6. The Morgan fingerprint density at radius 2 is 2.04 bits per heavy atom. The van der Waals surface area contributed by atoms with Crippen LogP contribution < -0.4 is 14.8 Å². The highest BCUT2D eigenvalue weighted by Gasteiger charge is 2.25. The van der Waals surface area contributed by atoms with E-state index in [1.807, 2.05) is 18.7 Å². The third-order valence-electron chi connectivity index (χ3n) is 4.51. The predicted octanol–water partition coefficient (Wildman–Crippen LogP) is 4.01. The lowest BCUT2D eigenvalue weighted by molar-refractivity contribution is 0.0927. The molecule has 1 amide bonds. The molecule has 1 aromatic heterocycles. The first-order chi connectivity index (χ1) is 12.2. The zero-order chi connectivity index (χ0) is 17.2. The number of nitrogens with one attached hydrogen (secondary N) is 1. The number of hydrogen-bond acceptors (Lipinski definition) is 6. The molecule has 25 heavy (non-hydrogen) atoms. The highest BCUT2D eigenvalue weighted by molar-refractivity contribution is 8.01. The van der Waals surface area contributed by atoms with Crippen molar-refractivity contribution in [2.75, 3.05) is 6.79 Å². The van der Waals surface area contributed by atoms with Crippen LogP contribution in [0.15, 0.2) is 27.9 Å². The third-order valence-corrected chi connectivity index (χ3v) is 6.94. The van der Waals surface area contributed by atoms with E-state index in [1.54, 1.807) is 29.5 Å². The summed E-state index contributed by atoms with van der Waals surface area (Å²) in [5.41, 5.74) is 1.72. The van der Waals surface area contributed by atoms with Crippen molar-refractivity contribution in [3.63, 3.8) is 0 Å². The second-order valence-corrected chi connectivity index (χ2v) is 8.79. The maximum Gasteiger partial charge on any atom is 0.251 e. The second kappa shape index (κ2) is 7.25. The van der Waals surface area contributed by atoms with Crippen LogP contribution in [0, 0.1) is 6.92 Å². The van der Waals surface area contributed by atoms with Crippen LogP contribution in [0.2, 0.25) is 0 Å². The number of aryl methyl sites for hydroxylation is 1. The molecular formula is C18H20N2O3S2. The van der Waals surface area contributed by atoms with Crippen LogP contribution in [0.4, 0.5) is 0 Å². The molecule has 132 valence electrons. The van der Waals surface area contributed by atoms with E-state index in [1.165, 1.54) is 0 Å². The molecule has 7 heteroatoms. The summed E-state index contributed by atoms with van der Waals surface area (Å²) in [5.74, 6) is 1.31. The first-order valence-electron chi connectivity index (χ1n) is 8.46. The number of nitrogens with zero attached hydrogens (tertiary/aromatic N) is 1. The van der Waals surface area contributed by atoms with Crippen LogP contribution in [0.5, 0.6) is 11.5 Å². The number of amides is 1. The van der Waals surface area contributed by atoms with Gasteiger partial charge in [-0.25, -0.2) is 4.98 Å². The van der Waals surface area contributed by atoms with Crippen molar-refractivity contribution in [2.24, 2.45) is 0 Å². The van der Waals surface area contributed by atoms with E-state index in [0.29, 0.717) is 22.3 Å². The lowest BCUT2D eigenvalue weighted by atomic mass is 9.94. The van der Waals surface area contributed by atoms with E-state index < -0.39 is 0 Å². The number of fused-ring (bicyclic) bond motifs is 1. The Morgan fingerprint density at radius 3 is 2.80 bits per heavy atom. The highest BCUT2D eigenvalue weighted by atomic mass is 32.2. The zero-order valence-electron chi connectivity index (χ0n) is 14.0. The van der Waals surface area contributed by atoms with Crippen molar-refractivity contribution in [1.29, 1.82) is 0 Å². The number of aromatic nitrogens is 1. The minimum atomic E-state index is -0.0371. The number of hydrogen-bond donors (Lipinski definition) is 1. The van der Waals surface area contributed by atoms with Crippen molar-refractivity contribution >= 4 is 29.0 Å². The largest absolute Gasteiger partial charge is 0.454 e. The van der Waals surface area contributed by atoms with Gasteiger partial charge in [-0.15, -0.1) is 11.3 Å². The average Bonchev–Trinajstić information content (AvgIpc) is 3.24. The molecule has 1 saturated carbocycles. The van der Waals surface area contributed by atoms with Crippen molar-refractivity contribution in [3.05, 3.63) is 34.8 Å². The number of carbonyl (C=O) groups is 1. The summed E-state index contributed by atoms with van der Waals surface area (Å²) in [5, 5.41) is 5.86. The molecule has 0 spiro atoms. The number of carbonyl (C=O) groups excluding carboxylic acids is 1. The molecule has 0 unspecified atom stereocenters. The number of rotatable bonds is 4. The van der Waals surface area contributed by atoms with Crippen molar-refractivity contribution in [1.82, 2.24) is 10.3 Å². The Labute approximate surface area is 155 Å². The Balaban J connectivity index is 1.29. The van der Waals surface area contributed by atoms with Gasteiger partial charge >= 0.3 is 0 Å². The third kappa shape index (κ3) is 3.93. The topological polar surface area (TPSA) is 60.5 Å². The van der Waals surface area contributed by atoms with Crippen LogP contribution in [-0.2, 0) is 0 Å². The molecule has 0 atom stereocenters. The molecule has 0 saturated heterocycles. The van der Waals surface area contributed by atoms with E-state index in [0.717, 1.165) is 35.7 Å². The second-order valence-electron chi connectivity index (χ2n) is 6.39. The van der Waals surface area contributed by atoms with Crippen LogP contribution >= 0.6 is 23.1 Å². The van der Waals surface area contributed by atoms with Gasteiger partial charge in [0, 0.05) is 27.9 Å². The lowest BCUT2D eigenvalue weighted by Crippen LogP contribution is -2.38. The number of ether oxygens (including phenoxy) is 2. The SMILES string of the molecule is Cc1csc(SC2CCC(NC(=O)c3ccc4c(c3)OCO4)CC2)n1. The fraction of sp³-hybridized carbons (Fsp3) is 0.444. The van der Waals surface area contributed by atoms with Gasteiger partial charge in [-0.3, -0.25) is 4.79 Å². The van der Waals surface area contributed by atoms with Gasteiger partial charge in [0.05, 0.1) is 0 Å². The number of thioether (sulfide) groups is 1. The first kappa shape index (κ1) is 16.7. The molecule has 2 aliphatic rings. The summed E-state index contributed by atoms with van der Waals surface area (Å²) >= 11 is 3.60. The molecule has 0 radical (unpaired) electrons. The van der Waals surface area contributed by atoms with Crippen molar-refractivity contribution < 1.29 is 14.3 Å². The van der Waals surface area contributed by atoms with E-state index in [2.05, 4.69) is 15.7 Å². The Morgan fingerprint density at radius 1 is 1.24 bits per heavy atom. The maximum absolute atomic E-state index is 12.5. The molecule has 1 aliphatic heterocycles. The Kier molecular flexibility index (Phi) is 4.85. The molecule has 1 aromatic carbocycles. The standard InChI is InChI=1S/C18H20N2O3S2/c1-11-9-24-18(19-11)25-14-5-3-13(4-6-14)20-17(21)12-2-7-15-16(8-12)23-10-22-15/h2,7-9,13-14H,3-6,10H2,1H3,(H,20,21). The molecule has 4 rings (SSSR count). The van der Waals surface area contributed by atoms with Gasteiger partial charge in [0.25, 0.3) is 5.91 Å². The van der Waals surface area contributed by atoms with Gasteiger partial charge in [0.2, 0.25) is 6.79 Å². The van der Waals surface area contributed by atoms with Gasteiger partial charge in [-0.1, -0.05) is 11.8 Å². The van der Waals surface area contributed by atoms with Crippen LogP contribution in [0.3, 0.4) is 0 Å². The van der Waals surface area contributed by atoms with Gasteiger partial charge in [-0.2, -0.15) is 0 Å².